The van der Waals surface area contributed by atoms with E-state index in [0.29, 0.717) is 6.07 Å². The van der Waals surface area contributed by atoms with Crippen molar-refractivity contribution in [3.63, 3.8) is 0 Å². The third-order valence-electron chi connectivity index (χ3n) is 1.63. The van der Waals surface area contributed by atoms with E-state index in [1.54, 1.807) is 5.32 Å². The minimum absolute atomic E-state index is 0.342. The SMILES string of the molecule is O=C(O)NCC(=O)c1ccc(F)cc1F. The lowest BCUT2D eigenvalue weighted by Gasteiger charge is -2.02. The van der Waals surface area contributed by atoms with Crippen LogP contribution in [0.3, 0.4) is 0 Å². The first kappa shape index (κ1) is 11.1. The topological polar surface area (TPSA) is 66.4 Å². The molecule has 15 heavy (non-hydrogen) atoms. The van der Waals surface area contributed by atoms with Gasteiger partial charge in [0.15, 0.2) is 5.78 Å². The summed E-state index contributed by atoms with van der Waals surface area (Å²) >= 11 is 0. The van der Waals surface area contributed by atoms with Crippen LogP contribution in [0.15, 0.2) is 18.2 Å². The molecule has 1 amide bonds. The highest BCUT2D eigenvalue weighted by Gasteiger charge is 2.12. The van der Waals surface area contributed by atoms with Gasteiger partial charge in [-0.25, -0.2) is 13.6 Å². The van der Waals surface area contributed by atoms with Crippen molar-refractivity contribution in [1.82, 2.24) is 5.32 Å². The smallest absolute Gasteiger partial charge is 0.405 e. The van der Waals surface area contributed by atoms with E-state index in [-0.39, 0.29) is 5.56 Å². The number of ketones is 1. The fourth-order valence-corrected chi connectivity index (χ4v) is 0.967. The van der Waals surface area contributed by atoms with E-state index in [4.69, 9.17) is 5.11 Å². The molecule has 1 rings (SSSR count). The summed E-state index contributed by atoms with van der Waals surface area (Å²) in [7, 11) is 0. The molecular formula is C9H7F2NO3. The fraction of sp³-hybridized carbons (Fsp3) is 0.111. The molecule has 0 spiro atoms. The largest absolute Gasteiger partial charge is 0.465 e. The lowest BCUT2D eigenvalue weighted by Crippen LogP contribution is -2.28. The summed E-state index contributed by atoms with van der Waals surface area (Å²) in [5.74, 6) is -2.56. The summed E-state index contributed by atoms with van der Waals surface area (Å²) in [6, 6.07) is 2.46. The molecule has 0 saturated heterocycles. The van der Waals surface area contributed by atoms with Crippen molar-refractivity contribution in [2.75, 3.05) is 6.54 Å². The summed E-state index contributed by atoms with van der Waals surface area (Å²) in [6.07, 6.45) is -1.38. The van der Waals surface area contributed by atoms with Gasteiger partial charge in [0.1, 0.15) is 11.6 Å². The third kappa shape index (κ3) is 3.01. The molecule has 0 atom stereocenters. The van der Waals surface area contributed by atoms with E-state index >= 15 is 0 Å². The highest BCUT2D eigenvalue weighted by atomic mass is 19.1. The van der Waals surface area contributed by atoms with Crippen molar-refractivity contribution in [2.45, 2.75) is 0 Å². The number of hydrogen-bond donors (Lipinski definition) is 2. The second-order valence-electron chi connectivity index (χ2n) is 2.71. The van der Waals surface area contributed by atoms with Gasteiger partial charge in [0, 0.05) is 6.07 Å². The zero-order chi connectivity index (χ0) is 11.4. The number of halogens is 2. The molecule has 0 aliphatic heterocycles. The Bertz CT molecular complexity index is 406. The van der Waals surface area contributed by atoms with E-state index in [9.17, 15) is 18.4 Å². The number of carboxylic acid groups (broad SMARTS) is 1. The maximum atomic E-state index is 13.0. The van der Waals surface area contributed by atoms with Crippen LogP contribution in [0, 0.1) is 11.6 Å². The Balaban J connectivity index is 2.78. The zero-order valence-corrected chi connectivity index (χ0v) is 7.46. The molecule has 4 nitrogen and oxygen atoms in total. The molecule has 0 aliphatic carbocycles. The average molecular weight is 215 g/mol. The minimum Gasteiger partial charge on any atom is -0.465 e. The molecule has 1 aromatic carbocycles. The monoisotopic (exact) mass is 215 g/mol. The van der Waals surface area contributed by atoms with Crippen LogP contribution in [0.25, 0.3) is 0 Å². The fourth-order valence-electron chi connectivity index (χ4n) is 0.967. The number of carbonyl (C=O) groups is 2. The van der Waals surface area contributed by atoms with E-state index in [1.165, 1.54) is 0 Å². The minimum atomic E-state index is -1.38. The molecule has 0 radical (unpaired) electrons. The van der Waals surface area contributed by atoms with Crippen molar-refractivity contribution in [1.29, 1.82) is 0 Å². The van der Waals surface area contributed by atoms with Crippen molar-refractivity contribution in [3.8, 4) is 0 Å². The van der Waals surface area contributed by atoms with Gasteiger partial charge in [-0.05, 0) is 12.1 Å². The van der Waals surface area contributed by atoms with Crippen LogP contribution in [-0.4, -0.2) is 23.5 Å². The van der Waals surface area contributed by atoms with Crippen LogP contribution in [0.2, 0.25) is 0 Å². The number of carbonyl (C=O) groups excluding carboxylic acids is 1. The number of hydrogen-bond acceptors (Lipinski definition) is 2. The lowest BCUT2D eigenvalue weighted by molar-refractivity contribution is 0.0983. The quantitative estimate of drug-likeness (QED) is 0.749. The Hall–Kier alpha value is -1.98. The first-order valence-corrected chi connectivity index (χ1v) is 3.95. The van der Waals surface area contributed by atoms with Crippen LogP contribution >= 0.6 is 0 Å². The Kier molecular flexibility index (Phi) is 3.33. The molecule has 0 saturated carbocycles. The van der Waals surface area contributed by atoms with E-state index < -0.39 is 30.1 Å². The van der Waals surface area contributed by atoms with Crippen molar-refractivity contribution < 1.29 is 23.5 Å². The molecular weight excluding hydrogens is 208 g/mol. The van der Waals surface area contributed by atoms with Gasteiger partial charge in [-0.3, -0.25) is 4.79 Å². The third-order valence-corrected chi connectivity index (χ3v) is 1.63. The molecule has 0 fully saturated rings. The summed E-state index contributed by atoms with van der Waals surface area (Å²) in [5.41, 5.74) is -0.342. The summed E-state index contributed by atoms with van der Waals surface area (Å²) in [5, 5.41) is 10.00. The van der Waals surface area contributed by atoms with Gasteiger partial charge in [-0.2, -0.15) is 0 Å². The second-order valence-corrected chi connectivity index (χ2v) is 2.71. The van der Waals surface area contributed by atoms with Crippen LogP contribution in [-0.2, 0) is 0 Å². The van der Waals surface area contributed by atoms with Gasteiger partial charge in [-0.1, -0.05) is 0 Å². The maximum absolute atomic E-state index is 13.0. The average Bonchev–Trinajstić information content (AvgIpc) is 2.14. The van der Waals surface area contributed by atoms with E-state index in [2.05, 4.69) is 0 Å². The number of benzene rings is 1. The molecule has 6 heteroatoms. The predicted molar refractivity (Wildman–Crippen MR) is 46.7 cm³/mol. The molecule has 0 unspecified atom stereocenters. The van der Waals surface area contributed by atoms with Gasteiger partial charge in [0.25, 0.3) is 0 Å². The summed E-state index contributed by atoms with van der Waals surface area (Å²) < 4.78 is 25.5. The molecule has 2 N–H and O–H groups in total. The van der Waals surface area contributed by atoms with Crippen LogP contribution in [0.5, 0.6) is 0 Å². The highest BCUT2D eigenvalue weighted by Crippen LogP contribution is 2.09. The summed E-state index contributed by atoms with van der Waals surface area (Å²) in [6.45, 7) is -0.544. The van der Waals surface area contributed by atoms with Crippen molar-refractivity contribution >= 4 is 11.9 Å². The van der Waals surface area contributed by atoms with Gasteiger partial charge in [-0.15, -0.1) is 0 Å². The van der Waals surface area contributed by atoms with E-state index in [1.807, 2.05) is 0 Å². The zero-order valence-electron chi connectivity index (χ0n) is 7.46. The first-order valence-electron chi connectivity index (χ1n) is 3.95. The number of Topliss-reactive ketones (excluding diaryl/α,β-unsaturated/α-hetero) is 1. The number of amides is 1. The molecule has 0 heterocycles. The van der Waals surface area contributed by atoms with Crippen LogP contribution < -0.4 is 5.32 Å². The lowest BCUT2D eigenvalue weighted by atomic mass is 10.1. The number of rotatable bonds is 3. The van der Waals surface area contributed by atoms with Crippen molar-refractivity contribution in [2.24, 2.45) is 0 Å². The molecule has 0 aromatic heterocycles. The van der Waals surface area contributed by atoms with Gasteiger partial charge >= 0.3 is 6.09 Å². The standard InChI is InChI=1S/C9H7F2NO3/c10-5-1-2-6(7(11)3-5)8(13)4-12-9(14)15/h1-3,12H,4H2,(H,14,15). The normalized spacial score (nSPS) is 9.73. The highest BCUT2D eigenvalue weighted by molar-refractivity contribution is 5.98. The summed E-state index contributed by atoms with van der Waals surface area (Å²) in [4.78, 5) is 21.3. The second kappa shape index (κ2) is 4.50. The Morgan fingerprint density at radius 1 is 1.33 bits per heavy atom. The van der Waals surface area contributed by atoms with Crippen LogP contribution in [0.4, 0.5) is 13.6 Å². The van der Waals surface area contributed by atoms with Crippen LogP contribution in [0.1, 0.15) is 10.4 Å². The van der Waals surface area contributed by atoms with E-state index in [0.717, 1.165) is 12.1 Å². The Labute approximate surface area is 83.5 Å². The van der Waals surface area contributed by atoms with Gasteiger partial charge < -0.3 is 10.4 Å². The first-order chi connectivity index (χ1) is 7.00. The molecule has 1 aromatic rings. The van der Waals surface area contributed by atoms with Gasteiger partial charge in [0.05, 0.1) is 12.1 Å². The molecule has 80 valence electrons. The Morgan fingerprint density at radius 3 is 2.53 bits per heavy atom. The van der Waals surface area contributed by atoms with Gasteiger partial charge in [0.2, 0.25) is 0 Å². The number of nitrogens with one attached hydrogen (secondary N) is 1. The molecule has 0 aliphatic rings. The predicted octanol–water partition coefficient (Wildman–Crippen LogP) is 1.42. The van der Waals surface area contributed by atoms with Crippen molar-refractivity contribution in [3.05, 3.63) is 35.4 Å². The maximum Gasteiger partial charge on any atom is 0.405 e. The molecule has 0 bridgehead atoms. The Morgan fingerprint density at radius 2 is 2.00 bits per heavy atom.